The molecule has 1 aromatic carbocycles. The number of benzene rings is 1. The number of carboxylic acid groups (broad SMARTS) is 1. The third-order valence-corrected chi connectivity index (χ3v) is 3.19. The molecular formula is C12H12ClNO4. The smallest absolute Gasteiger partial charge is 0.304 e. The topological polar surface area (TPSA) is 86.6 Å². The zero-order chi connectivity index (χ0) is 13.3. The fourth-order valence-electron chi connectivity index (χ4n) is 2.03. The second kappa shape index (κ2) is 4.96. The summed E-state index contributed by atoms with van der Waals surface area (Å²) in [5.41, 5.74) is 1.27. The maximum absolute atomic E-state index is 11.9. The maximum atomic E-state index is 11.9. The Labute approximate surface area is 108 Å². The van der Waals surface area contributed by atoms with Gasteiger partial charge in [-0.25, -0.2) is 0 Å². The van der Waals surface area contributed by atoms with Crippen molar-refractivity contribution in [2.75, 3.05) is 5.32 Å². The van der Waals surface area contributed by atoms with Crippen LogP contribution in [0.5, 0.6) is 0 Å². The molecule has 1 aliphatic rings. The standard InChI is InChI=1S/C12H12ClNO4/c13-7-2-1-6-3-10(15)8(5-11(16)17)12(18)14-9(6)4-7/h1-2,4,8,10,15H,3,5H2,(H,14,18)(H,16,17). The number of carboxylic acids is 1. The van der Waals surface area contributed by atoms with E-state index in [2.05, 4.69) is 5.32 Å². The molecule has 6 heteroatoms. The molecule has 0 fully saturated rings. The Balaban J connectivity index is 2.31. The molecule has 0 bridgehead atoms. The highest BCUT2D eigenvalue weighted by atomic mass is 35.5. The van der Waals surface area contributed by atoms with Gasteiger partial charge in [-0.3, -0.25) is 9.59 Å². The molecule has 0 aromatic heterocycles. The van der Waals surface area contributed by atoms with Crippen LogP contribution in [-0.2, 0) is 16.0 Å². The number of hydrogen-bond donors (Lipinski definition) is 3. The molecule has 0 radical (unpaired) electrons. The van der Waals surface area contributed by atoms with Crippen LogP contribution in [0.25, 0.3) is 0 Å². The molecule has 0 saturated carbocycles. The van der Waals surface area contributed by atoms with Crippen LogP contribution >= 0.6 is 11.6 Å². The Morgan fingerprint density at radius 3 is 2.89 bits per heavy atom. The summed E-state index contributed by atoms with van der Waals surface area (Å²) in [6, 6.07) is 4.96. The van der Waals surface area contributed by atoms with Gasteiger partial charge in [-0.2, -0.15) is 0 Å². The number of carbonyl (C=O) groups excluding carboxylic acids is 1. The molecule has 1 heterocycles. The van der Waals surface area contributed by atoms with E-state index in [-0.39, 0.29) is 6.42 Å². The molecule has 18 heavy (non-hydrogen) atoms. The second-order valence-electron chi connectivity index (χ2n) is 4.27. The molecule has 2 rings (SSSR count). The molecule has 0 saturated heterocycles. The van der Waals surface area contributed by atoms with Crippen LogP contribution in [-0.4, -0.2) is 28.2 Å². The molecule has 2 atom stereocenters. The van der Waals surface area contributed by atoms with Crippen LogP contribution in [0.4, 0.5) is 5.69 Å². The van der Waals surface area contributed by atoms with Crippen molar-refractivity contribution in [3.05, 3.63) is 28.8 Å². The number of nitrogens with one attached hydrogen (secondary N) is 1. The van der Waals surface area contributed by atoms with Crippen molar-refractivity contribution in [1.82, 2.24) is 0 Å². The monoisotopic (exact) mass is 269 g/mol. The normalized spacial score (nSPS) is 22.9. The summed E-state index contributed by atoms with van der Waals surface area (Å²) < 4.78 is 0. The van der Waals surface area contributed by atoms with E-state index in [0.29, 0.717) is 10.7 Å². The van der Waals surface area contributed by atoms with Gasteiger partial charge >= 0.3 is 5.97 Å². The third kappa shape index (κ3) is 2.63. The van der Waals surface area contributed by atoms with Gasteiger partial charge in [-0.05, 0) is 17.7 Å². The minimum Gasteiger partial charge on any atom is -0.481 e. The first kappa shape index (κ1) is 12.9. The summed E-state index contributed by atoms with van der Waals surface area (Å²) in [6.07, 6.45) is -1.18. The van der Waals surface area contributed by atoms with Crippen LogP contribution in [0.2, 0.25) is 5.02 Å². The quantitative estimate of drug-likeness (QED) is 0.755. The fraction of sp³-hybridized carbons (Fsp3) is 0.333. The van der Waals surface area contributed by atoms with E-state index in [0.717, 1.165) is 5.56 Å². The Morgan fingerprint density at radius 2 is 2.22 bits per heavy atom. The van der Waals surface area contributed by atoms with Gasteiger partial charge in [0.05, 0.1) is 18.4 Å². The number of hydrogen-bond acceptors (Lipinski definition) is 3. The number of aliphatic hydroxyl groups excluding tert-OH is 1. The van der Waals surface area contributed by atoms with Crippen molar-refractivity contribution >= 4 is 29.2 Å². The molecule has 1 aromatic rings. The first-order valence-electron chi connectivity index (χ1n) is 5.46. The van der Waals surface area contributed by atoms with Gasteiger partial charge in [0.15, 0.2) is 0 Å². The number of carbonyl (C=O) groups is 2. The number of halogens is 1. The van der Waals surface area contributed by atoms with E-state index in [1.165, 1.54) is 0 Å². The lowest BCUT2D eigenvalue weighted by molar-refractivity contribution is -0.142. The Bertz CT molecular complexity index is 503. The predicted octanol–water partition coefficient (Wildman–Crippen LogP) is 1.29. The zero-order valence-corrected chi connectivity index (χ0v) is 10.1. The van der Waals surface area contributed by atoms with Crippen molar-refractivity contribution in [2.45, 2.75) is 18.9 Å². The largest absolute Gasteiger partial charge is 0.481 e. The summed E-state index contributed by atoms with van der Waals surface area (Å²) in [5.74, 6) is -2.56. The average Bonchev–Trinajstić information content (AvgIpc) is 2.38. The molecule has 2 unspecified atom stereocenters. The summed E-state index contributed by atoms with van der Waals surface area (Å²) in [5, 5.41) is 21.7. The molecule has 96 valence electrons. The number of fused-ring (bicyclic) bond motifs is 1. The summed E-state index contributed by atoms with van der Waals surface area (Å²) in [4.78, 5) is 22.5. The Kier molecular flexibility index (Phi) is 3.54. The van der Waals surface area contributed by atoms with Crippen LogP contribution in [0.1, 0.15) is 12.0 Å². The molecule has 1 amide bonds. The van der Waals surface area contributed by atoms with Crippen molar-refractivity contribution in [3.8, 4) is 0 Å². The number of aliphatic hydroxyl groups is 1. The van der Waals surface area contributed by atoms with E-state index >= 15 is 0 Å². The lowest BCUT2D eigenvalue weighted by Crippen LogP contribution is -2.33. The van der Waals surface area contributed by atoms with Gasteiger partial charge in [0.2, 0.25) is 5.91 Å². The second-order valence-corrected chi connectivity index (χ2v) is 4.70. The molecule has 5 nitrogen and oxygen atoms in total. The molecule has 0 spiro atoms. The van der Waals surface area contributed by atoms with Crippen molar-refractivity contribution in [2.24, 2.45) is 5.92 Å². The molecular weight excluding hydrogens is 258 g/mol. The number of aliphatic carboxylic acids is 1. The van der Waals surface area contributed by atoms with Crippen LogP contribution in [0.15, 0.2) is 18.2 Å². The van der Waals surface area contributed by atoms with Crippen molar-refractivity contribution < 1.29 is 19.8 Å². The number of anilines is 1. The lowest BCUT2D eigenvalue weighted by atomic mass is 9.94. The van der Waals surface area contributed by atoms with E-state index in [1.54, 1.807) is 18.2 Å². The van der Waals surface area contributed by atoms with Gasteiger partial charge in [-0.1, -0.05) is 17.7 Å². The molecule has 0 aliphatic carbocycles. The minimum atomic E-state index is -1.11. The highest BCUT2D eigenvalue weighted by Crippen LogP contribution is 2.28. The van der Waals surface area contributed by atoms with E-state index in [1.807, 2.05) is 0 Å². The van der Waals surface area contributed by atoms with Crippen molar-refractivity contribution in [1.29, 1.82) is 0 Å². The van der Waals surface area contributed by atoms with Gasteiger partial charge in [0.1, 0.15) is 0 Å². The lowest BCUT2D eigenvalue weighted by Gasteiger charge is -2.16. The van der Waals surface area contributed by atoms with Crippen LogP contribution in [0, 0.1) is 5.92 Å². The predicted molar refractivity (Wildman–Crippen MR) is 65.5 cm³/mol. The summed E-state index contributed by atoms with van der Waals surface area (Å²) in [6.45, 7) is 0. The summed E-state index contributed by atoms with van der Waals surface area (Å²) >= 11 is 5.83. The highest BCUT2D eigenvalue weighted by Gasteiger charge is 2.32. The zero-order valence-electron chi connectivity index (χ0n) is 9.39. The SMILES string of the molecule is O=C(O)CC1C(=O)Nc2cc(Cl)ccc2CC1O. The molecule has 1 aliphatic heterocycles. The minimum absolute atomic E-state index is 0.225. The first-order chi connectivity index (χ1) is 8.47. The molecule has 3 N–H and O–H groups in total. The van der Waals surface area contributed by atoms with Gasteiger partial charge < -0.3 is 15.5 Å². The Morgan fingerprint density at radius 1 is 1.50 bits per heavy atom. The van der Waals surface area contributed by atoms with Crippen LogP contribution < -0.4 is 5.32 Å². The average molecular weight is 270 g/mol. The Hall–Kier alpha value is -1.59. The van der Waals surface area contributed by atoms with Gasteiger partial charge in [0, 0.05) is 17.1 Å². The number of amides is 1. The van der Waals surface area contributed by atoms with Gasteiger partial charge in [-0.15, -0.1) is 0 Å². The first-order valence-corrected chi connectivity index (χ1v) is 5.84. The van der Waals surface area contributed by atoms with E-state index in [4.69, 9.17) is 16.7 Å². The maximum Gasteiger partial charge on any atom is 0.304 e. The van der Waals surface area contributed by atoms with E-state index in [9.17, 15) is 14.7 Å². The van der Waals surface area contributed by atoms with Crippen molar-refractivity contribution in [3.63, 3.8) is 0 Å². The third-order valence-electron chi connectivity index (χ3n) is 2.95. The number of rotatable bonds is 2. The van der Waals surface area contributed by atoms with Gasteiger partial charge in [0.25, 0.3) is 0 Å². The summed E-state index contributed by atoms with van der Waals surface area (Å²) in [7, 11) is 0. The fourth-order valence-corrected chi connectivity index (χ4v) is 2.20. The van der Waals surface area contributed by atoms with Crippen LogP contribution in [0.3, 0.4) is 0 Å². The van der Waals surface area contributed by atoms with E-state index < -0.39 is 30.3 Å². The highest BCUT2D eigenvalue weighted by molar-refractivity contribution is 6.31.